The minimum Gasteiger partial charge on any atom is -0.391 e. The molecule has 144 valence electrons. The van der Waals surface area contributed by atoms with Crippen LogP contribution in [-0.2, 0) is 0 Å². The molecule has 1 aliphatic rings. The van der Waals surface area contributed by atoms with Crippen LogP contribution in [0.3, 0.4) is 0 Å². The number of nitrogens with one attached hydrogen (secondary N) is 1. The van der Waals surface area contributed by atoms with Crippen molar-refractivity contribution in [1.82, 2.24) is 9.88 Å². The molecule has 0 radical (unpaired) electrons. The highest BCUT2D eigenvalue weighted by Gasteiger charge is 2.32. The fourth-order valence-electron chi connectivity index (χ4n) is 4.22. The van der Waals surface area contributed by atoms with Crippen LogP contribution in [-0.4, -0.2) is 40.1 Å². The minimum atomic E-state index is -0.663. The van der Waals surface area contributed by atoms with E-state index < -0.39 is 6.10 Å². The monoisotopic (exact) mass is 376 g/mol. The predicted octanol–water partition coefficient (Wildman–Crippen LogP) is 3.14. The van der Waals surface area contributed by atoms with Gasteiger partial charge in [0.25, 0.3) is 11.5 Å². The molecule has 2 heterocycles. The Hall–Kier alpha value is -2.92. The summed E-state index contributed by atoms with van der Waals surface area (Å²) < 4.78 is 0. The molecule has 1 saturated heterocycles. The molecule has 2 atom stereocenters. The molecular formula is C23H24N2O3. The van der Waals surface area contributed by atoms with Crippen LogP contribution in [0.5, 0.6) is 0 Å². The van der Waals surface area contributed by atoms with Gasteiger partial charge in [-0.25, -0.2) is 0 Å². The summed E-state index contributed by atoms with van der Waals surface area (Å²) in [6.07, 6.45) is -0.00247. The van der Waals surface area contributed by atoms with Gasteiger partial charge >= 0.3 is 0 Å². The summed E-state index contributed by atoms with van der Waals surface area (Å²) in [5.74, 6) is -0.333. The Kier molecular flexibility index (Phi) is 4.77. The molecule has 2 aromatic carbocycles. The van der Waals surface area contributed by atoms with E-state index in [4.69, 9.17) is 0 Å². The van der Waals surface area contributed by atoms with Crippen LogP contribution in [0.2, 0.25) is 0 Å². The highest BCUT2D eigenvalue weighted by Crippen LogP contribution is 2.31. The van der Waals surface area contributed by atoms with Crippen LogP contribution in [0.25, 0.3) is 10.8 Å². The first-order valence-electron chi connectivity index (χ1n) is 9.60. The first-order chi connectivity index (χ1) is 13.4. The van der Waals surface area contributed by atoms with Gasteiger partial charge in [0.2, 0.25) is 0 Å². The zero-order valence-corrected chi connectivity index (χ0v) is 16.1. The van der Waals surface area contributed by atoms with Gasteiger partial charge in [0.05, 0.1) is 6.10 Å². The second-order valence-corrected chi connectivity index (χ2v) is 7.66. The van der Waals surface area contributed by atoms with Gasteiger partial charge < -0.3 is 15.0 Å². The SMILES string of the molecule is Cc1cc(C)c(C(=O)N2CC[C@H](c3ccc4ccccc4c3)[C@@H](O)C2)c(=O)[nH]1. The lowest BCUT2D eigenvalue weighted by Gasteiger charge is -2.36. The van der Waals surface area contributed by atoms with Crippen molar-refractivity contribution < 1.29 is 9.90 Å². The predicted molar refractivity (Wildman–Crippen MR) is 110 cm³/mol. The Balaban J connectivity index is 1.55. The molecule has 4 rings (SSSR count). The maximum atomic E-state index is 12.9. The lowest BCUT2D eigenvalue weighted by atomic mass is 9.86. The third-order valence-electron chi connectivity index (χ3n) is 5.65. The van der Waals surface area contributed by atoms with E-state index in [1.165, 1.54) is 5.39 Å². The molecule has 1 aromatic heterocycles. The van der Waals surface area contributed by atoms with Crippen LogP contribution in [0, 0.1) is 13.8 Å². The zero-order valence-electron chi connectivity index (χ0n) is 16.1. The van der Waals surface area contributed by atoms with Crippen LogP contribution in [0.15, 0.2) is 53.3 Å². The maximum absolute atomic E-state index is 12.9. The Labute approximate surface area is 163 Å². The number of piperidine rings is 1. The van der Waals surface area contributed by atoms with Crippen molar-refractivity contribution >= 4 is 16.7 Å². The van der Waals surface area contributed by atoms with Crippen LogP contribution < -0.4 is 5.56 Å². The van der Waals surface area contributed by atoms with Crippen molar-refractivity contribution in [3.05, 3.63) is 81.3 Å². The van der Waals surface area contributed by atoms with Gasteiger partial charge in [0.1, 0.15) is 5.56 Å². The van der Waals surface area contributed by atoms with E-state index in [0.717, 1.165) is 16.6 Å². The molecule has 5 heteroatoms. The topological polar surface area (TPSA) is 73.4 Å². The minimum absolute atomic E-state index is 0.0222. The number of β-amino-alcohol motifs (C(OH)–C–C–N with tert-alkyl or cyclic N) is 1. The summed E-state index contributed by atoms with van der Waals surface area (Å²) in [5, 5.41) is 13.1. The van der Waals surface area contributed by atoms with E-state index in [1.807, 2.05) is 12.1 Å². The molecule has 5 nitrogen and oxygen atoms in total. The van der Waals surface area contributed by atoms with Gasteiger partial charge in [0.15, 0.2) is 0 Å². The fraction of sp³-hybridized carbons (Fsp3) is 0.304. The van der Waals surface area contributed by atoms with Crippen molar-refractivity contribution in [2.24, 2.45) is 0 Å². The Morgan fingerprint density at radius 3 is 2.57 bits per heavy atom. The van der Waals surface area contributed by atoms with Crippen LogP contribution in [0.1, 0.15) is 39.5 Å². The number of aliphatic hydroxyl groups is 1. The van der Waals surface area contributed by atoms with Crippen molar-refractivity contribution in [1.29, 1.82) is 0 Å². The number of amides is 1. The number of H-pyrrole nitrogens is 1. The number of aliphatic hydroxyl groups excluding tert-OH is 1. The summed E-state index contributed by atoms with van der Waals surface area (Å²) in [4.78, 5) is 29.5. The van der Waals surface area contributed by atoms with Gasteiger partial charge in [0, 0.05) is 24.7 Å². The molecule has 2 N–H and O–H groups in total. The first kappa shape index (κ1) is 18.4. The Morgan fingerprint density at radius 2 is 1.86 bits per heavy atom. The molecule has 1 amide bonds. The molecule has 1 fully saturated rings. The van der Waals surface area contributed by atoms with E-state index in [1.54, 1.807) is 24.8 Å². The smallest absolute Gasteiger partial charge is 0.261 e. The molecule has 0 aliphatic carbocycles. The number of pyridine rings is 1. The average Bonchev–Trinajstić information content (AvgIpc) is 2.66. The lowest BCUT2D eigenvalue weighted by molar-refractivity contribution is 0.0380. The Morgan fingerprint density at radius 1 is 1.11 bits per heavy atom. The highest BCUT2D eigenvalue weighted by atomic mass is 16.3. The summed E-state index contributed by atoms with van der Waals surface area (Å²) in [7, 11) is 0. The molecule has 0 saturated carbocycles. The van der Waals surface area contributed by atoms with E-state index >= 15 is 0 Å². The number of benzene rings is 2. The molecule has 0 spiro atoms. The summed E-state index contributed by atoms with van der Waals surface area (Å²) in [6, 6.07) is 16.2. The fourth-order valence-corrected chi connectivity index (χ4v) is 4.22. The van der Waals surface area contributed by atoms with E-state index in [0.29, 0.717) is 18.5 Å². The quantitative estimate of drug-likeness (QED) is 0.722. The first-order valence-corrected chi connectivity index (χ1v) is 9.60. The van der Waals surface area contributed by atoms with Crippen molar-refractivity contribution in [3.63, 3.8) is 0 Å². The summed E-state index contributed by atoms with van der Waals surface area (Å²) in [5.41, 5.74) is 2.28. The normalized spacial score (nSPS) is 19.8. The number of aromatic nitrogens is 1. The van der Waals surface area contributed by atoms with Crippen LogP contribution in [0.4, 0.5) is 0 Å². The summed E-state index contributed by atoms with van der Waals surface area (Å²) >= 11 is 0. The summed E-state index contributed by atoms with van der Waals surface area (Å²) in [6.45, 7) is 4.30. The van der Waals surface area contributed by atoms with Crippen LogP contribution >= 0.6 is 0 Å². The molecule has 3 aromatic rings. The van der Waals surface area contributed by atoms with Gasteiger partial charge in [-0.1, -0.05) is 42.5 Å². The van der Waals surface area contributed by atoms with Crippen molar-refractivity contribution in [2.45, 2.75) is 32.3 Å². The number of nitrogens with zero attached hydrogens (tertiary/aromatic N) is 1. The third-order valence-corrected chi connectivity index (χ3v) is 5.65. The maximum Gasteiger partial charge on any atom is 0.261 e. The van der Waals surface area contributed by atoms with E-state index in [2.05, 4.69) is 35.3 Å². The standard InChI is InChI=1S/C23H24N2O3/c1-14-11-15(2)24-22(27)21(14)23(28)25-10-9-19(20(26)13-25)18-8-7-16-5-3-4-6-17(16)12-18/h3-8,11-12,19-20,26H,9-10,13H2,1-2H3,(H,24,27)/t19-,20+/m1/s1. The number of hydrogen-bond acceptors (Lipinski definition) is 3. The van der Waals surface area contributed by atoms with Gasteiger partial charge in [-0.15, -0.1) is 0 Å². The molecular weight excluding hydrogens is 352 g/mol. The number of rotatable bonds is 2. The van der Waals surface area contributed by atoms with Crippen molar-refractivity contribution in [3.8, 4) is 0 Å². The molecule has 0 bridgehead atoms. The molecule has 1 aliphatic heterocycles. The average molecular weight is 376 g/mol. The number of carbonyl (C=O) groups excluding carboxylic acids is 1. The van der Waals surface area contributed by atoms with Gasteiger partial charge in [-0.05, 0) is 48.2 Å². The number of fused-ring (bicyclic) bond motifs is 1. The Bertz CT molecular complexity index is 1100. The highest BCUT2D eigenvalue weighted by molar-refractivity contribution is 5.95. The number of carbonyl (C=O) groups is 1. The van der Waals surface area contributed by atoms with Crippen molar-refractivity contribution in [2.75, 3.05) is 13.1 Å². The zero-order chi connectivity index (χ0) is 19.8. The van der Waals surface area contributed by atoms with E-state index in [-0.39, 0.29) is 29.5 Å². The largest absolute Gasteiger partial charge is 0.391 e. The second kappa shape index (κ2) is 7.24. The molecule has 0 unspecified atom stereocenters. The van der Waals surface area contributed by atoms with E-state index in [9.17, 15) is 14.7 Å². The number of hydrogen-bond donors (Lipinski definition) is 2. The van der Waals surface area contributed by atoms with Gasteiger partial charge in [-0.3, -0.25) is 9.59 Å². The number of likely N-dealkylation sites (tertiary alicyclic amines) is 1. The lowest BCUT2D eigenvalue weighted by Crippen LogP contribution is -2.47. The number of aryl methyl sites for hydroxylation is 2. The second-order valence-electron chi connectivity index (χ2n) is 7.66. The molecule has 28 heavy (non-hydrogen) atoms. The van der Waals surface area contributed by atoms with Gasteiger partial charge in [-0.2, -0.15) is 0 Å². The third kappa shape index (κ3) is 3.34. The number of aromatic amines is 1.